The Bertz CT molecular complexity index is 684. The molecule has 0 saturated carbocycles. The zero-order chi connectivity index (χ0) is 15.9. The van der Waals surface area contributed by atoms with Crippen molar-refractivity contribution in [2.45, 2.75) is 43.6 Å². The lowest BCUT2D eigenvalue weighted by Gasteiger charge is -2.12. The Hall–Kier alpha value is -2.06. The normalized spacial score (nSPS) is 11.9. The summed E-state index contributed by atoms with van der Waals surface area (Å²) in [5, 5.41) is 18.6. The first-order valence-electron chi connectivity index (χ1n) is 7.31. The third kappa shape index (κ3) is 3.77. The van der Waals surface area contributed by atoms with Crippen LogP contribution in [-0.2, 0) is 6.54 Å². The van der Waals surface area contributed by atoms with Gasteiger partial charge in [0.1, 0.15) is 0 Å². The van der Waals surface area contributed by atoms with Crippen LogP contribution < -0.4 is 0 Å². The molecule has 0 amide bonds. The highest BCUT2D eigenvalue weighted by Gasteiger charge is 2.17. The lowest BCUT2D eigenvalue weighted by molar-refractivity contribution is 0.724. The van der Waals surface area contributed by atoms with Gasteiger partial charge < -0.3 is 0 Å². The quantitative estimate of drug-likeness (QED) is 0.567. The Morgan fingerprint density at radius 3 is 2.86 bits per heavy atom. The standard InChI is InChI=1S/C17H20N4S/c1-4-12-21-16(15-10-6-5-8-13(15)2)19-20-17(21)22-14(3)9-7-11-18/h4-6,8,10,14H,1,7,9,12H2,2-3H3/t14-/m1/s1. The number of thioether (sulfide) groups is 1. The molecule has 5 heteroatoms. The molecule has 0 unspecified atom stereocenters. The third-order valence-corrected chi connectivity index (χ3v) is 4.53. The van der Waals surface area contributed by atoms with Crippen LogP contribution in [0.15, 0.2) is 42.1 Å². The molecule has 0 aliphatic rings. The molecule has 0 spiro atoms. The monoisotopic (exact) mass is 312 g/mol. The van der Waals surface area contributed by atoms with Crippen LogP contribution in [0.25, 0.3) is 11.4 Å². The number of hydrogen-bond donors (Lipinski definition) is 0. The first-order valence-corrected chi connectivity index (χ1v) is 8.19. The van der Waals surface area contributed by atoms with Crippen molar-refractivity contribution in [1.82, 2.24) is 14.8 Å². The smallest absolute Gasteiger partial charge is 0.192 e. The van der Waals surface area contributed by atoms with Gasteiger partial charge in [0.05, 0.1) is 6.07 Å². The predicted octanol–water partition coefficient (Wildman–Crippen LogP) is 4.22. The molecule has 1 aromatic carbocycles. The van der Waals surface area contributed by atoms with E-state index in [1.807, 2.05) is 18.2 Å². The molecule has 0 aliphatic heterocycles. The summed E-state index contributed by atoms with van der Waals surface area (Å²) < 4.78 is 2.09. The summed E-state index contributed by atoms with van der Waals surface area (Å²) in [5.41, 5.74) is 2.27. The van der Waals surface area contributed by atoms with E-state index in [-0.39, 0.29) is 0 Å². The van der Waals surface area contributed by atoms with Crippen molar-refractivity contribution >= 4 is 11.8 Å². The zero-order valence-electron chi connectivity index (χ0n) is 13.0. The van der Waals surface area contributed by atoms with Crippen molar-refractivity contribution in [3.63, 3.8) is 0 Å². The van der Waals surface area contributed by atoms with Gasteiger partial charge in [-0.2, -0.15) is 5.26 Å². The van der Waals surface area contributed by atoms with Gasteiger partial charge in [-0.1, -0.05) is 49.0 Å². The van der Waals surface area contributed by atoms with Crippen LogP contribution >= 0.6 is 11.8 Å². The maximum Gasteiger partial charge on any atom is 0.192 e. The average Bonchev–Trinajstić information content (AvgIpc) is 2.89. The third-order valence-electron chi connectivity index (χ3n) is 3.38. The molecule has 0 aliphatic carbocycles. The summed E-state index contributed by atoms with van der Waals surface area (Å²) in [4.78, 5) is 0. The number of nitrogens with zero attached hydrogens (tertiary/aromatic N) is 4. The molecule has 22 heavy (non-hydrogen) atoms. The molecule has 114 valence electrons. The van der Waals surface area contributed by atoms with Gasteiger partial charge in [0.25, 0.3) is 0 Å². The largest absolute Gasteiger partial charge is 0.298 e. The van der Waals surface area contributed by atoms with E-state index in [0.29, 0.717) is 18.2 Å². The van der Waals surface area contributed by atoms with Crippen LogP contribution in [0.3, 0.4) is 0 Å². The summed E-state index contributed by atoms with van der Waals surface area (Å²) in [6.45, 7) is 8.69. The molecule has 2 aromatic rings. The lowest BCUT2D eigenvalue weighted by atomic mass is 10.1. The molecule has 1 atom stereocenters. The van der Waals surface area contributed by atoms with Crippen LogP contribution in [0, 0.1) is 18.3 Å². The first kappa shape index (κ1) is 16.3. The van der Waals surface area contributed by atoms with E-state index in [9.17, 15) is 0 Å². The van der Waals surface area contributed by atoms with Gasteiger partial charge in [-0.3, -0.25) is 4.57 Å². The van der Waals surface area contributed by atoms with Crippen molar-refractivity contribution in [2.75, 3.05) is 0 Å². The topological polar surface area (TPSA) is 54.5 Å². The highest BCUT2D eigenvalue weighted by Crippen LogP contribution is 2.29. The van der Waals surface area contributed by atoms with Crippen molar-refractivity contribution in [2.24, 2.45) is 0 Å². The second-order valence-electron chi connectivity index (χ2n) is 5.15. The van der Waals surface area contributed by atoms with Gasteiger partial charge >= 0.3 is 0 Å². The molecule has 0 bridgehead atoms. The van der Waals surface area contributed by atoms with Gasteiger partial charge in [0.2, 0.25) is 0 Å². The minimum Gasteiger partial charge on any atom is -0.298 e. The fourth-order valence-electron chi connectivity index (χ4n) is 2.20. The number of allylic oxidation sites excluding steroid dienone is 1. The van der Waals surface area contributed by atoms with Crippen molar-refractivity contribution in [1.29, 1.82) is 5.26 Å². The maximum absolute atomic E-state index is 8.70. The second kappa shape index (κ2) is 7.81. The molecule has 0 saturated heterocycles. The fraction of sp³-hybridized carbons (Fsp3) is 0.353. The van der Waals surface area contributed by atoms with Crippen LogP contribution in [0.4, 0.5) is 0 Å². The van der Waals surface area contributed by atoms with Crippen LogP contribution in [0.2, 0.25) is 0 Å². The highest BCUT2D eigenvalue weighted by molar-refractivity contribution is 7.99. The van der Waals surface area contributed by atoms with E-state index >= 15 is 0 Å². The van der Waals surface area contributed by atoms with Gasteiger partial charge in [-0.05, 0) is 18.9 Å². The SMILES string of the molecule is C=CCn1c(S[C@H](C)CCC#N)nnc1-c1ccccc1C. The van der Waals surface area contributed by atoms with Crippen LogP contribution in [0.1, 0.15) is 25.3 Å². The molecular weight excluding hydrogens is 292 g/mol. The van der Waals surface area contributed by atoms with Crippen molar-refractivity contribution in [3.8, 4) is 17.5 Å². The van der Waals surface area contributed by atoms with Gasteiger partial charge in [0, 0.05) is 23.8 Å². The number of rotatable bonds is 7. The summed E-state index contributed by atoms with van der Waals surface area (Å²) in [7, 11) is 0. The van der Waals surface area contributed by atoms with Crippen LogP contribution in [-0.4, -0.2) is 20.0 Å². The maximum atomic E-state index is 8.70. The first-order chi connectivity index (χ1) is 10.7. The Labute approximate surface area is 135 Å². The van der Waals surface area contributed by atoms with E-state index in [4.69, 9.17) is 5.26 Å². The minimum atomic E-state index is 0.331. The Kier molecular flexibility index (Phi) is 5.79. The summed E-state index contributed by atoms with van der Waals surface area (Å²) >= 11 is 1.66. The lowest BCUT2D eigenvalue weighted by Crippen LogP contribution is -2.04. The molecule has 1 aromatic heterocycles. The zero-order valence-corrected chi connectivity index (χ0v) is 13.8. The van der Waals surface area contributed by atoms with E-state index in [2.05, 4.69) is 53.4 Å². The molecular formula is C17H20N4S. The van der Waals surface area contributed by atoms with Gasteiger partial charge in [-0.15, -0.1) is 16.8 Å². The highest BCUT2D eigenvalue weighted by atomic mass is 32.2. The number of nitriles is 1. The van der Waals surface area contributed by atoms with Crippen molar-refractivity contribution < 1.29 is 0 Å². The minimum absolute atomic E-state index is 0.331. The molecule has 1 heterocycles. The van der Waals surface area contributed by atoms with E-state index < -0.39 is 0 Å². The Balaban J connectivity index is 2.32. The molecule has 0 fully saturated rings. The second-order valence-corrected chi connectivity index (χ2v) is 6.55. The van der Waals surface area contributed by atoms with E-state index in [1.54, 1.807) is 11.8 Å². The fourth-order valence-corrected chi connectivity index (χ4v) is 3.17. The molecule has 4 nitrogen and oxygen atoms in total. The number of benzene rings is 1. The number of aryl methyl sites for hydroxylation is 1. The molecule has 0 radical (unpaired) electrons. The molecule has 2 rings (SSSR count). The summed E-state index contributed by atoms with van der Waals surface area (Å²) in [5.74, 6) is 0.869. The summed E-state index contributed by atoms with van der Waals surface area (Å²) in [6, 6.07) is 10.4. The summed E-state index contributed by atoms with van der Waals surface area (Å²) in [6.07, 6.45) is 3.27. The van der Waals surface area contributed by atoms with E-state index in [1.165, 1.54) is 5.56 Å². The predicted molar refractivity (Wildman–Crippen MR) is 90.6 cm³/mol. The number of aromatic nitrogens is 3. The average molecular weight is 312 g/mol. The Morgan fingerprint density at radius 2 is 2.18 bits per heavy atom. The van der Waals surface area contributed by atoms with Gasteiger partial charge in [-0.25, -0.2) is 0 Å². The Morgan fingerprint density at radius 1 is 1.41 bits per heavy atom. The number of hydrogen-bond acceptors (Lipinski definition) is 4. The van der Waals surface area contributed by atoms with Crippen LogP contribution in [0.5, 0.6) is 0 Å². The van der Waals surface area contributed by atoms with E-state index in [0.717, 1.165) is 23.0 Å². The van der Waals surface area contributed by atoms with Gasteiger partial charge in [0.15, 0.2) is 11.0 Å². The molecule has 0 N–H and O–H groups in total. The van der Waals surface area contributed by atoms with Crippen molar-refractivity contribution in [3.05, 3.63) is 42.5 Å².